The number of hydrogen-bond donors (Lipinski definition) is 2. The summed E-state index contributed by atoms with van der Waals surface area (Å²) in [6.45, 7) is 0.478. The summed E-state index contributed by atoms with van der Waals surface area (Å²) in [7, 11) is 0. The van der Waals surface area contributed by atoms with Gasteiger partial charge in [0.1, 0.15) is 0 Å². The zero-order valence-electron chi connectivity index (χ0n) is 11.1. The molecule has 2 N–H and O–H groups in total. The Morgan fingerprint density at radius 3 is 2.64 bits per heavy atom. The minimum Gasteiger partial charge on any atom is -0.360 e. The maximum Gasteiger partial charge on any atom is 0.434 e. The van der Waals surface area contributed by atoms with Crippen LogP contribution in [0.2, 0.25) is 5.02 Å². The summed E-state index contributed by atoms with van der Waals surface area (Å²) in [6, 6.07) is 6.58. The first-order valence-corrected chi connectivity index (χ1v) is 7.43. The first-order chi connectivity index (χ1) is 10.4. The summed E-state index contributed by atoms with van der Waals surface area (Å²) in [4.78, 5) is 15.2. The SMILES string of the molecule is O=C(NCCNc1nc(C(F)(F)F)cs1)c1ccccc1Cl. The van der Waals surface area contributed by atoms with Crippen molar-refractivity contribution in [1.82, 2.24) is 10.3 Å². The van der Waals surface area contributed by atoms with Crippen LogP contribution in [0.4, 0.5) is 18.3 Å². The van der Waals surface area contributed by atoms with Crippen LogP contribution >= 0.6 is 22.9 Å². The number of carbonyl (C=O) groups is 1. The number of thiazole rings is 1. The standard InChI is InChI=1S/C13H11ClF3N3OS/c14-9-4-2-1-3-8(9)11(21)18-5-6-19-12-20-10(7-22-12)13(15,16)17/h1-4,7H,5-6H2,(H,18,21)(H,19,20). The number of nitrogens with one attached hydrogen (secondary N) is 2. The average Bonchev–Trinajstić information content (AvgIpc) is 2.93. The van der Waals surface area contributed by atoms with E-state index in [0.29, 0.717) is 10.6 Å². The number of nitrogens with zero attached hydrogens (tertiary/aromatic N) is 1. The number of rotatable bonds is 5. The van der Waals surface area contributed by atoms with E-state index in [0.717, 1.165) is 16.7 Å². The fraction of sp³-hybridized carbons (Fsp3) is 0.231. The molecule has 0 spiro atoms. The number of anilines is 1. The summed E-state index contributed by atoms with van der Waals surface area (Å²) in [6.07, 6.45) is -4.45. The van der Waals surface area contributed by atoms with E-state index in [1.165, 1.54) is 0 Å². The van der Waals surface area contributed by atoms with Gasteiger partial charge in [-0.1, -0.05) is 23.7 Å². The topological polar surface area (TPSA) is 54.0 Å². The number of carbonyl (C=O) groups excluding carboxylic acids is 1. The van der Waals surface area contributed by atoms with Gasteiger partial charge < -0.3 is 10.6 Å². The number of benzene rings is 1. The molecule has 1 aromatic heterocycles. The summed E-state index contributed by atoms with van der Waals surface area (Å²) in [5, 5.41) is 6.76. The van der Waals surface area contributed by atoms with Gasteiger partial charge in [0, 0.05) is 18.5 Å². The second-order valence-corrected chi connectivity index (χ2v) is 5.46. The van der Waals surface area contributed by atoms with Gasteiger partial charge in [-0.05, 0) is 12.1 Å². The second-order valence-electron chi connectivity index (χ2n) is 4.20. The van der Waals surface area contributed by atoms with Crippen LogP contribution in [-0.2, 0) is 6.18 Å². The Labute approximate surface area is 133 Å². The Bertz CT molecular complexity index is 660. The number of aromatic nitrogens is 1. The van der Waals surface area contributed by atoms with Crippen LogP contribution < -0.4 is 10.6 Å². The van der Waals surface area contributed by atoms with Crippen molar-refractivity contribution in [3.05, 3.63) is 45.9 Å². The number of alkyl halides is 3. The minimum atomic E-state index is -4.45. The van der Waals surface area contributed by atoms with E-state index in [9.17, 15) is 18.0 Å². The van der Waals surface area contributed by atoms with Gasteiger partial charge >= 0.3 is 6.18 Å². The van der Waals surface area contributed by atoms with E-state index >= 15 is 0 Å². The molecule has 0 saturated carbocycles. The third-order valence-corrected chi connectivity index (χ3v) is 3.73. The normalized spacial score (nSPS) is 11.3. The molecule has 0 radical (unpaired) electrons. The molecule has 0 unspecified atom stereocenters. The molecule has 1 aromatic carbocycles. The van der Waals surface area contributed by atoms with Crippen LogP contribution in [0.15, 0.2) is 29.6 Å². The Morgan fingerprint density at radius 2 is 2.00 bits per heavy atom. The Balaban J connectivity index is 1.79. The predicted octanol–water partition coefficient (Wildman–Crippen LogP) is 3.66. The van der Waals surface area contributed by atoms with Crippen molar-refractivity contribution in [3.8, 4) is 0 Å². The molecule has 0 aliphatic carbocycles. The van der Waals surface area contributed by atoms with Gasteiger partial charge in [0.05, 0.1) is 10.6 Å². The van der Waals surface area contributed by atoms with E-state index in [1.807, 2.05) is 0 Å². The maximum atomic E-state index is 12.4. The fourth-order valence-electron chi connectivity index (χ4n) is 1.57. The third-order valence-electron chi connectivity index (χ3n) is 2.60. The molecule has 0 saturated heterocycles. The lowest BCUT2D eigenvalue weighted by molar-refractivity contribution is -0.140. The van der Waals surface area contributed by atoms with Gasteiger partial charge in [0.15, 0.2) is 10.8 Å². The van der Waals surface area contributed by atoms with Crippen molar-refractivity contribution in [2.24, 2.45) is 0 Å². The van der Waals surface area contributed by atoms with E-state index in [1.54, 1.807) is 24.3 Å². The summed E-state index contributed by atoms with van der Waals surface area (Å²) < 4.78 is 37.1. The van der Waals surface area contributed by atoms with Gasteiger partial charge in [-0.3, -0.25) is 4.79 Å². The highest BCUT2D eigenvalue weighted by molar-refractivity contribution is 7.13. The van der Waals surface area contributed by atoms with Crippen LogP contribution in [-0.4, -0.2) is 24.0 Å². The molecule has 118 valence electrons. The zero-order valence-corrected chi connectivity index (χ0v) is 12.6. The molecule has 2 aromatic rings. The molecule has 1 amide bonds. The summed E-state index contributed by atoms with van der Waals surface area (Å²) >= 11 is 6.74. The molecular formula is C13H11ClF3N3OS. The van der Waals surface area contributed by atoms with Crippen molar-refractivity contribution in [2.75, 3.05) is 18.4 Å². The second kappa shape index (κ2) is 6.97. The van der Waals surface area contributed by atoms with E-state index < -0.39 is 11.9 Å². The Hall–Kier alpha value is -1.80. The maximum absolute atomic E-state index is 12.4. The van der Waals surface area contributed by atoms with Crippen LogP contribution in [0, 0.1) is 0 Å². The lowest BCUT2D eigenvalue weighted by atomic mass is 10.2. The average molecular weight is 350 g/mol. The molecule has 0 fully saturated rings. The monoisotopic (exact) mass is 349 g/mol. The van der Waals surface area contributed by atoms with Crippen molar-refractivity contribution < 1.29 is 18.0 Å². The smallest absolute Gasteiger partial charge is 0.360 e. The predicted molar refractivity (Wildman–Crippen MR) is 79.4 cm³/mol. The van der Waals surface area contributed by atoms with E-state index in [2.05, 4.69) is 15.6 Å². The molecule has 0 aliphatic heterocycles. The van der Waals surface area contributed by atoms with Gasteiger partial charge in [-0.25, -0.2) is 4.98 Å². The molecule has 4 nitrogen and oxygen atoms in total. The van der Waals surface area contributed by atoms with Crippen molar-refractivity contribution >= 4 is 34.0 Å². The summed E-state index contributed by atoms with van der Waals surface area (Å²) in [5.41, 5.74) is -0.585. The molecule has 9 heteroatoms. The molecule has 0 bridgehead atoms. The highest BCUT2D eigenvalue weighted by Crippen LogP contribution is 2.31. The first kappa shape index (κ1) is 16.6. The molecule has 2 rings (SSSR count). The van der Waals surface area contributed by atoms with Gasteiger partial charge in [-0.15, -0.1) is 11.3 Å². The largest absolute Gasteiger partial charge is 0.434 e. The van der Waals surface area contributed by atoms with Crippen molar-refractivity contribution in [3.63, 3.8) is 0 Å². The van der Waals surface area contributed by atoms with Gasteiger partial charge in [0.2, 0.25) is 0 Å². The molecular weight excluding hydrogens is 339 g/mol. The van der Waals surface area contributed by atoms with Crippen molar-refractivity contribution in [2.45, 2.75) is 6.18 Å². The fourth-order valence-corrected chi connectivity index (χ4v) is 2.54. The summed E-state index contributed by atoms with van der Waals surface area (Å²) in [5.74, 6) is -0.345. The Kier molecular flexibility index (Phi) is 5.25. The first-order valence-electron chi connectivity index (χ1n) is 6.17. The van der Waals surface area contributed by atoms with E-state index in [-0.39, 0.29) is 24.1 Å². The van der Waals surface area contributed by atoms with Crippen LogP contribution in [0.25, 0.3) is 0 Å². The van der Waals surface area contributed by atoms with Crippen LogP contribution in [0.3, 0.4) is 0 Å². The quantitative estimate of drug-likeness (QED) is 0.810. The molecule has 1 heterocycles. The highest BCUT2D eigenvalue weighted by Gasteiger charge is 2.33. The lowest BCUT2D eigenvalue weighted by Gasteiger charge is -2.07. The minimum absolute atomic E-state index is 0.152. The van der Waals surface area contributed by atoms with Gasteiger partial charge in [0.25, 0.3) is 5.91 Å². The lowest BCUT2D eigenvalue weighted by Crippen LogP contribution is -2.28. The van der Waals surface area contributed by atoms with E-state index in [4.69, 9.17) is 11.6 Å². The van der Waals surface area contributed by atoms with Gasteiger partial charge in [-0.2, -0.15) is 13.2 Å². The number of amides is 1. The van der Waals surface area contributed by atoms with Crippen molar-refractivity contribution in [1.29, 1.82) is 0 Å². The van der Waals surface area contributed by atoms with Crippen LogP contribution in [0.5, 0.6) is 0 Å². The molecule has 0 aliphatic rings. The van der Waals surface area contributed by atoms with Crippen LogP contribution in [0.1, 0.15) is 16.1 Å². The number of hydrogen-bond acceptors (Lipinski definition) is 4. The molecule has 0 atom stereocenters. The third kappa shape index (κ3) is 4.35. The highest BCUT2D eigenvalue weighted by atomic mass is 35.5. The Morgan fingerprint density at radius 1 is 1.27 bits per heavy atom. The molecule has 22 heavy (non-hydrogen) atoms. The zero-order chi connectivity index (χ0) is 16.2. The number of halogens is 4.